The second kappa shape index (κ2) is 5.48. The number of hydrogen-bond acceptors (Lipinski definition) is 2. The van der Waals surface area contributed by atoms with Crippen molar-refractivity contribution in [1.82, 2.24) is 0 Å². The maximum Gasteiger partial charge on any atom is 0.469 e. The first kappa shape index (κ1) is 14.4. The van der Waals surface area contributed by atoms with Crippen LogP contribution in [0.1, 0.15) is 27.2 Å². The summed E-state index contributed by atoms with van der Waals surface area (Å²) < 4.78 is 15.4. The fourth-order valence-corrected chi connectivity index (χ4v) is 1.67. The maximum atomic E-state index is 10.7. The molecule has 0 saturated carbocycles. The van der Waals surface area contributed by atoms with Gasteiger partial charge in [0.25, 0.3) is 0 Å². The summed E-state index contributed by atoms with van der Waals surface area (Å²) in [6, 6.07) is 0. The first-order chi connectivity index (χ1) is 6.73. The van der Waals surface area contributed by atoms with Crippen molar-refractivity contribution in [2.75, 3.05) is 0 Å². The Hall–Kier alpha value is -0.590. The summed E-state index contributed by atoms with van der Waals surface area (Å²) in [5, 5.41) is 0. The molecule has 0 aliphatic heterocycles. The first-order valence-corrected chi connectivity index (χ1v) is 6.09. The summed E-state index contributed by atoms with van der Waals surface area (Å²) >= 11 is 0. The van der Waals surface area contributed by atoms with Gasteiger partial charge in [-0.1, -0.05) is 18.1 Å². The van der Waals surface area contributed by atoms with E-state index in [1.54, 1.807) is 26.0 Å². The Bertz CT molecular complexity index is 308. The minimum absolute atomic E-state index is 0.374. The number of hydrogen-bond donors (Lipinski definition) is 2. The fourth-order valence-electron chi connectivity index (χ4n) is 0.988. The molecule has 0 aliphatic rings. The molecule has 4 nitrogen and oxygen atoms in total. The van der Waals surface area contributed by atoms with Crippen LogP contribution in [0.4, 0.5) is 0 Å². The van der Waals surface area contributed by atoms with E-state index < -0.39 is 19.3 Å². The van der Waals surface area contributed by atoms with E-state index in [1.807, 2.05) is 6.92 Å². The Balaban J connectivity index is 4.75. The third kappa shape index (κ3) is 5.76. The maximum absolute atomic E-state index is 10.7. The van der Waals surface area contributed by atoms with E-state index in [4.69, 9.17) is 16.2 Å². The van der Waals surface area contributed by atoms with Crippen molar-refractivity contribution in [1.29, 1.82) is 0 Å². The van der Waals surface area contributed by atoms with Crippen LogP contribution in [-0.4, -0.2) is 15.9 Å². The summed E-state index contributed by atoms with van der Waals surface area (Å²) in [4.78, 5) is 17.5. The zero-order valence-electron chi connectivity index (χ0n) is 9.17. The number of rotatable bonds is 5. The Morgan fingerprint density at radius 2 is 2.13 bits per heavy atom. The molecule has 0 heterocycles. The van der Waals surface area contributed by atoms with E-state index in [-0.39, 0.29) is 0 Å². The Morgan fingerprint density at radius 3 is 2.47 bits per heavy atom. The molecule has 5 heteroatoms. The lowest BCUT2D eigenvalue weighted by Crippen LogP contribution is -2.29. The second-order valence-electron chi connectivity index (χ2n) is 3.76. The molecule has 0 rings (SSSR count). The molecule has 0 radical (unpaired) electrons. The third-order valence-electron chi connectivity index (χ3n) is 2.03. The minimum atomic E-state index is -4.50. The van der Waals surface area contributed by atoms with Crippen LogP contribution in [0.2, 0.25) is 0 Å². The highest BCUT2D eigenvalue weighted by Crippen LogP contribution is 2.42. The summed E-state index contributed by atoms with van der Waals surface area (Å²) in [6.07, 6.45) is 8.51. The lowest BCUT2D eigenvalue weighted by Gasteiger charge is -2.28. The zero-order valence-corrected chi connectivity index (χ0v) is 10.1. The number of allylic oxidation sites excluding steroid dienone is 1. The smallest absolute Gasteiger partial charge is 0.303 e. The molecule has 0 saturated heterocycles. The van der Waals surface area contributed by atoms with Gasteiger partial charge in [-0.15, -0.1) is 6.42 Å². The molecule has 0 aromatic heterocycles. The standard InChI is InChI=1S/C10H17O4P/c1-5-7-8-9(10(3,4)6-2)14-15(11,12)13/h2,5,7,9H,8H2,1,3-4H3,(H2,11,12,13). The van der Waals surface area contributed by atoms with Gasteiger partial charge in [0.05, 0.1) is 11.5 Å². The summed E-state index contributed by atoms with van der Waals surface area (Å²) in [7, 11) is -4.50. The van der Waals surface area contributed by atoms with E-state index >= 15 is 0 Å². The highest BCUT2D eigenvalue weighted by molar-refractivity contribution is 7.46. The third-order valence-corrected chi connectivity index (χ3v) is 2.56. The van der Waals surface area contributed by atoms with Crippen LogP contribution in [0.15, 0.2) is 12.2 Å². The molecule has 0 aliphatic carbocycles. The average Bonchev–Trinajstić information content (AvgIpc) is 2.10. The van der Waals surface area contributed by atoms with E-state index in [2.05, 4.69) is 10.4 Å². The molecule has 0 fully saturated rings. The van der Waals surface area contributed by atoms with Crippen molar-refractivity contribution >= 4 is 7.82 Å². The summed E-state index contributed by atoms with van der Waals surface area (Å²) in [5.74, 6) is 2.47. The largest absolute Gasteiger partial charge is 0.469 e. The lowest BCUT2D eigenvalue weighted by atomic mass is 9.86. The predicted octanol–water partition coefficient (Wildman–Crippen LogP) is 2.09. The van der Waals surface area contributed by atoms with Crippen molar-refractivity contribution < 1.29 is 18.9 Å². The molecule has 15 heavy (non-hydrogen) atoms. The van der Waals surface area contributed by atoms with Gasteiger partial charge in [-0.05, 0) is 27.2 Å². The predicted molar refractivity (Wildman–Crippen MR) is 59.0 cm³/mol. The van der Waals surface area contributed by atoms with Gasteiger partial charge in [0, 0.05) is 0 Å². The van der Waals surface area contributed by atoms with E-state index in [9.17, 15) is 4.57 Å². The summed E-state index contributed by atoms with van der Waals surface area (Å²) in [6.45, 7) is 5.23. The van der Waals surface area contributed by atoms with Crippen molar-refractivity contribution in [3.05, 3.63) is 12.2 Å². The van der Waals surface area contributed by atoms with Gasteiger partial charge in [-0.3, -0.25) is 4.52 Å². The Labute approximate surface area is 90.6 Å². The molecule has 1 atom stereocenters. The van der Waals surface area contributed by atoms with Crippen molar-refractivity contribution in [3.8, 4) is 12.3 Å². The first-order valence-electron chi connectivity index (χ1n) is 4.56. The molecular formula is C10H17O4P. The van der Waals surface area contributed by atoms with Gasteiger partial charge in [-0.2, -0.15) is 0 Å². The average molecular weight is 232 g/mol. The fraction of sp³-hybridized carbons (Fsp3) is 0.600. The van der Waals surface area contributed by atoms with Crippen LogP contribution in [0.5, 0.6) is 0 Å². The van der Waals surface area contributed by atoms with Gasteiger partial charge < -0.3 is 9.79 Å². The number of terminal acetylenes is 1. The van der Waals surface area contributed by atoms with Gasteiger partial charge in [0.1, 0.15) is 0 Å². The molecule has 0 bridgehead atoms. The SMILES string of the molecule is C#CC(C)(C)C(CC=CC)OP(=O)(O)O. The molecular weight excluding hydrogens is 215 g/mol. The van der Waals surface area contributed by atoms with Gasteiger partial charge >= 0.3 is 7.82 Å². The van der Waals surface area contributed by atoms with Crippen LogP contribution in [0, 0.1) is 17.8 Å². The van der Waals surface area contributed by atoms with Crippen LogP contribution >= 0.6 is 7.82 Å². The quantitative estimate of drug-likeness (QED) is 0.432. The Kier molecular flexibility index (Phi) is 5.27. The van der Waals surface area contributed by atoms with Gasteiger partial charge in [0.15, 0.2) is 0 Å². The second-order valence-corrected chi connectivity index (χ2v) is 4.95. The zero-order chi connectivity index (χ0) is 12.1. The Morgan fingerprint density at radius 1 is 1.60 bits per heavy atom. The molecule has 2 N–H and O–H groups in total. The van der Waals surface area contributed by atoms with Crippen molar-refractivity contribution in [2.45, 2.75) is 33.3 Å². The van der Waals surface area contributed by atoms with Crippen molar-refractivity contribution in [2.24, 2.45) is 5.41 Å². The van der Waals surface area contributed by atoms with Crippen molar-refractivity contribution in [3.63, 3.8) is 0 Å². The van der Waals surface area contributed by atoms with Gasteiger partial charge in [-0.25, -0.2) is 4.57 Å². The lowest BCUT2D eigenvalue weighted by molar-refractivity contribution is 0.0747. The highest BCUT2D eigenvalue weighted by Gasteiger charge is 2.33. The van der Waals surface area contributed by atoms with Crippen LogP contribution < -0.4 is 0 Å². The molecule has 1 unspecified atom stereocenters. The molecule has 86 valence electrons. The summed E-state index contributed by atoms with van der Waals surface area (Å²) in [5.41, 5.74) is -0.722. The molecule has 0 spiro atoms. The minimum Gasteiger partial charge on any atom is -0.303 e. The molecule has 0 amide bonds. The van der Waals surface area contributed by atoms with Crippen LogP contribution in [0.25, 0.3) is 0 Å². The van der Waals surface area contributed by atoms with E-state index in [0.717, 1.165) is 0 Å². The van der Waals surface area contributed by atoms with Crippen LogP contribution in [0.3, 0.4) is 0 Å². The van der Waals surface area contributed by atoms with E-state index in [0.29, 0.717) is 6.42 Å². The highest BCUT2D eigenvalue weighted by atomic mass is 31.2. The monoisotopic (exact) mass is 232 g/mol. The van der Waals surface area contributed by atoms with E-state index in [1.165, 1.54) is 0 Å². The van der Waals surface area contributed by atoms with Gasteiger partial charge in [0.2, 0.25) is 0 Å². The van der Waals surface area contributed by atoms with Crippen LogP contribution in [-0.2, 0) is 9.09 Å². The molecule has 0 aromatic carbocycles. The number of phosphoric acid groups is 1. The topological polar surface area (TPSA) is 66.8 Å². The number of phosphoric ester groups is 1. The molecule has 0 aromatic rings. The normalized spacial score (nSPS) is 15.2.